The molecule has 5 aliphatic rings. The van der Waals surface area contributed by atoms with Gasteiger partial charge in [0.1, 0.15) is 41.3 Å². The Bertz CT molecular complexity index is 2310. The molecule has 2 aromatic heterocycles. The molecule has 2 N–H and O–H groups in total. The summed E-state index contributed by atoms with van der Waals surface area (Å²) in [7, 11) is 0. The zero-order valence-electron chi connectivity index (χ0n) is 30.2. The highest BCUT2D eigenvalue weighted by Crippen LogP contribution is 2.42. The van der Waals surface area contributed by atoms with Gasteiger partial charge in [0.05, 0.1) is 26.3 Å². The third-order valence-electron chi connectivity index (χ3n) is 9.66. The molecule has 5 aliphatic heterocycles. The van der Waals surface area contributed by atoms with E-state index in [4.69, 9.17) is 18.0 Å². The number of phenolic OH excluding ortho intramolecular Hbond substituents is 1. The second-order valence-electron chi connectivity index (χ2n) is 12.6. The molecule has 4 atom stereocenters. The van der Waals surface area contributed by atoms with Crippen LogP contribution in [0.1, 0.15) is 50.2 Å². The molecule has 250 valence electrons. The van der Waals surface area contributed by atoms with E-state index in [1.54, 1.807) is 4.90 Å². The van der Waals surface area contributed by atoms with Gasteiger partial charge in [-0.2, -0.15) is 23.1 Å². The molecule has 7 heterocycles. The molecule has 0 saturated carbocycles. The van der Waals surface area contributed by atoms with Gasteiger partial charge in [-0.05, 0) is 55.8 Å². The zero-order chi connectivity index (χ0) is 38.0. The summed E-state index contributed by atoms with van der Waals surface area (Å²) >= 11 is 0. The molecule has 0 radical (unpaired) electrons. The van der Waals surface area contributed by atoms with Crippen LogP contribution in [-0.2, 0) is 6.18 Å². The lowest BCUT2D eigenvalue weighted by Gasteiger charge is -2.46. The van der Waals surface area contributed by atoms with Crippen molar-refractivity contribution >= 4 is 27.5 Å². The summed E-state index contributed by atoms with van der Waals surface area (Å²) in [5.74, 6) is 0.430. The number of piperidine rings is 2. The first-order valence-corrected chi connectivity index (χ1v) is 15.4. The molecule has 4 aromatic rings. The summed E-state index contributed by atoms with van der Waals surface area (Å²) in [4.78, 5) is 25.8. The van der Waals surface area contributed by atoms with Crippen LogP contribution >= 0.6 is 0 Å². The second kappa shape index (κ2) is 11.0. The molecule has 5 fully saturated rings. The molecule has 2 unspecified atom stereocenters. The summed E-state index contributed by atoms with van der Waals surface area (Å²) in [6.45, 7) is -5.23. The maximum atomic E-state index is 15.2. The van der Waals surface area contributed by atoms with Gasteiger partial charge in [0, 0.05) is 52.3 Å². The highest BCUT2D eigenvalue weighted by atomic mass is 19.4. The van der Waals surface area contributed by atoms with E-state index < -0.39 is 89.5 Å². The van der Waals surface area contributed by atoms with Crippen molar-refractivity contribution in [3.63, 3.8) is 0 Å². The monoisotopic (exact) mass is 671 g/mol. The lowest BCUT2D eigenvalue weighted by Crippen LogP contribution is -2.61. The Morgan fingerprint density at radius 1 is 1.25 bits per heavy atom. The molecule has 2 bridgehead atoms. The summed E-state index contributed by atoms with van der Waals surface area (Å²) in [6.07, 6.45) is -2.22. The van der Waals surface area contributed by atoms with Crippen molar-refractivity contribution in [3.8, 4) is 29.8 Å². The number of fused-ring (bicyclic) bond motifs is 6. The molecule has 2 aromatic carbocycles. The number of phenols is 1. The summed E-state index contributed by atoms with van der Waals surface area (Å²) < 4.78 is 124. The predicted octanol–water partition coefficient (Wildman–Crippen LogP) is 4.67. The van der Waals surface area contributed by atoms with Crippen LogP contribution < -0.4 is 20.5 Å². The van der Waals surface area contributed by atoms with Gasteiger partial charge in [-0.1, -0.05) is 12.0 Å². The first-order chi connectivity index (χ1) is 24.7. The van der Waals surface area contributed by atoms with Gasteiger partial charge in [0.25, 0.3) is 5.56 Å². The number of nitrogens with zero attached hydrogens (tertiary/aromatic N) is 5. The van der Waals surface area contributed by atoms with Crippen molar-refractivity contribution in [2.45, 2.75) is 62.1 Å². The summed E-state index contributed by atoms with van der Waals surface area (Å²) in [5, 5.41) is 13.3. The molecule has 5 saturated heterocycles. The Balaban J connectivity index is 1.40. The van der Waals surface area contributed by atoms with Crippen molar-refractivity contribution in [2.24, 2.45) is 0 Å². The SMILES string of the molecule is [2H]C1([2H])CC[C@@]2(C([2H])([2H])Oc3nc(N4CC5CCC4CN5)c4cc(C(F)(F)F)n(-c5cc(O)cc6ccc(F)c(C#C)c56)c(=O)c4n3)C[C@@]([2H])(F)CN12. The molecular weight excluding hydrogens is 635 g/mol. The number of hydrogen-bond acceptors (Lipinski definition) is 8. The smallest absolute Gasteiger partial charge is 0.431 e. The van der Waals surface area contributed by atoms with Crippen LogP contribution in [0.4, 0.5) is 27.8 Å². The van der Waals surface area contributed by atoms with Crippen LogP contribution in [0.2, 0.25) is 0 Å². The van der Waals surface area contributed by atoms with E-state index >= 15 is 22.0 Å². The van der Waals surface area contributed by atoms with Gasteiger partial charge in [-0.25, -0.2) is 8.78 Å². The van der Waals surface area contributed by atoms with E-state index in [0.717, 1.165) is 29.5 Å². The lowest BCUT2D eigenvalue weighted by molar-refractivity contribution is -0.142. The average molecular weight is 672 g/mol. The van der Waals surface area contributed by atoms with Crippen molar-refractivity contribution in [1.29, 1.82) is 0 Å². The van der Waals surface area contributed by atoms with Crippen LogP contribution in [0.5, 0.6) is 11.8 Å². The molecule has 9 rings (SSSR count). The predicted molar refractivity (Wildman–Crippen MR) is 168 cm³/mol. The van der Waals surface area contributed by atoms with E-state index in [9.17, 15) is 9.90 Å². The van der Waals surface area contributed by atoms with E-state index in [0.29, 0.717) is 19.0 Å². The van der Waals surface area contributed by atoms with Crippen molar-refractivity contribution < 1.29 is 38.6 Å². The van der Waals surface area contributed by atoms with Crippen LogP contribution in [-0.4, -0.2) is 81.0 Å². The molecule has 9 nitrogen and oxygen atoms in total. The first-order valence-electron chi connectivity index (χ1n) is 17.9. The number of aromatic nitrogens is 3. The number of halogens is 5. The molecule has 0 spiro atoms. The molecule has 0 amide bonds. The van der Waals surface area contributed by atoms with Gasteiger partial charge in [-0.15, -0.1) is 6.42 Å². The number of ether oxygens (including phenoxy) is 1. The third-order valence-corrected chi connectivity index (χ3v) is 9.66. The fourth-order valence-corrected chi connectivity index (χ4v) is 7.45. The average Bonchev–Trinajstić information content (AvgIpc) is 3.53. The number of nitrogens with one attached hydrogen (secondary N) is 1. The second-order valence-corrected chi connectivity index (χ2v) is 12.6. The molecular formula is C34H31F5N6O3. The third kappa shape index (κ3) is 4.85. The van der Waals surface area contributed by atoms with Gasteiger partial charge < -0.3 is 20.1 Å². The van der Waals surface area contributed by atoms with E-state index in [-0.39, 0.29) is 58.0 Å². The highest BCUT2D eigenvalue weighted by molar-refractivity contribution is 5.97. The Labute approximate surface area is 278 Å². The van der Waals surface area contributed by atoms with E-state index in [2.05, 4.69) is 21.2 Å². The minimum atomic E-state index is -5.22. The standard InChI is InChI=1S/C34H31F5N6O3/c1-2-23-25(36)7-4-18-10-22(46)11-26(28(18)23)45-27(34(37,38)39)12-24-29(31(45)47)41-32(42-30(24)44-16-20-5-6-21(44)14-40-20)48-17-33-8-3-9-43(33)15-19(35)13-33/h1,4,7,10-12,19-21,40,46H,3,5-6,8-9,13-17H2/t19-,20?,21?,33+/m1/s1/i9D2,17D2,19D. The van der Waals surface area contributed by atoms with E-state index in [1.807, 2.05) is 0 Å². The number of pyridine rings is 1. The summed E-state index contributed by atoms with van der Waals surface area (Å²) in [6, 6.07) is 3.62. The van der Waals surface area contributed by atoms with Gasteiger partial charge in [-0.3, -0.25) is 14.3 Å². The summed E-state index contributed by atoms with van der Waals surface area (Å²) in [5.41, 5.74) is -6.65. The number of terminal acetylenes is 1. The molecule has 48 heavy (non-hydrogen) atoms. The van der Waals surface area contributed by atoms with Crippen LogP contribution in [0.25, 0.3) is 27.4 Å². The lowest BCUT2D eigenvalue weighted by atomic mass is 9.93. The quantitative estimate of drug-likeness (QED) is 0.234. The van der Waals surface area contributed by atoms with Crippen molar-refractivity contribution in [2.75, 3.05) is 37.6 Å². The zero-order valence-corrected chi connectivity index (χ0v) is 25.2. The maximum absolute atomic E-state index is 15.2. The van der Waals surface area contributed by atoms with Crippen LogP contribution in [0, 0.1) is 18.2 Å². The maximum Gasteiger partial charge on any atom is 0.431 e. The Morgan fingerprint density at radius 3 is 2.79 bits per heavy atom. The van der Waals surface area contributed by atoms with Crippen molar-refractivity contribution in [1.82, 2.24) is 24.8 Å². The Morgan fingerprint density at radius 2 is 2.08 bits per heavy atom. The number of hydrogen-bond donors (Lipinski definition) is 2. The Kier molecular flexibility index (Phi) is 5.87. The van der Waals surface area contributed by atoms with E-state index in [1.165, 1.54) is 6.07 Å². The van der Waals surface area contributed by atoms with Crippen LogP contribution in [0.15, 0.2) is 35.1 Å². The minimum Gasteiger partial charge on any atom is -0.508 e. The number of benzene rings is 2. The molecule has 14 heteroatoms. The topological polar surface area (TPSA) is 95.8 Å². The fraction of sp³-hybridized carbons (Fsp3) is 0.441. The van der Waals surface area contributed by atoms with Crippen LogP contribution in [0.3, 0.4) is 0 Å². The van der Waals surface area contributed by atoms with Gasteiger partial charge in [0.2, 0.25) is 0 Å². The Hall–Kier alpha value is -4.48. The number of anilines is 1. The normalized spacial score (nSPS) is 30.0. The fourth-order valence-electron chi connectivity index (χ4n) is 7.45. The molecule has 0 aliphatic carbocycles. The number of piperazine rings is 1. The van der Waals surface area contributed by atoms with Crippen molar-refractivity contribution in [3.05, 3.63) is 57.8 Å². The van der Waals surface area contributed by atoms with Gasteiger partial charge in [0.15, 0.2) is 0 Å². The number of rotatable bonds is 5. The highest BCUT2D eigenvalue weighted by Gasteiger charge is 2.49. The largest absolute Gasteiger partial charge is 0.508 e. The van der Waals surface area contributed by atoms with Gasteiger partial charge >= 0.3 is 12.2 Å². The first kappa shape index (κ1) is 25.5. The number of alkyl halides is 4. The minimum absolute atomic E-state index is 0.0297. The number of aromatic hydroxyl groups is 1.